The standard InChI is InChI=1S/C27H35NO3/c1-4-5-6-9-15-27-23-13-12-19(2)17-20(23)18-24(27)21-10-7-8-11-22(21)25(14-16-29)28(27)26(30)31-3/h7-8,10-13,17,24-25,29H,4-6,9,14-16,18H2,1-3H3. The van der Waals surface area contributed by atoms with Crippen molar-refractivity contribution in [3.05, 3.63) is 70.3 Å². The molecule has 1 aliphatic heterocycles. The van der Waals surface area contributed by atoms with Gasteiger partial charge in [0.05, 0.1) is 18.7 Å². The third-order valence-electron chi connectivity index (χ3n) is 7.38. The fourth-order valence-electron chi connectivity index (χ4n) is 6.15. The van der Waals surface area contributed by atoms with E-state index in [9.17, 15) is 9.90 Å². The molecule has 2 aromatic rings. The summed E-state index contributed by atoms with van der Waals surface area (Å²) >= 11 is 0. The van der Waals surface area contributed by atoms with Crippen LogP contribution in [-0.4, -0.2) is 29.8 Å². The van der Waals surface area contributed by atoms with Gasteiger partial charge in [-0.15, -0.1) is 0 Å². The van der Waals surface area contributed by atoms with Crippen molar-refractivity contribution in [1.29, 1.82) is 0 Å². The zero-order chi connectivity index (χ0) is 22.0. The van der Waals surface area contributed by atoms with Crippen LogP contribution in [0.1, 0.15) is 85.2 Å². The number of rotatable bonds is 7. The van der Waals surface area contributed by atoms with Gasteiger partial charge in [0.1, 0.15) is 0 Å². The number of hydrogen-bond acceptors (Lipinski definition) is 3. The Morgan fingerprint density at radius 2 is 1.94 bits per heavy atom. The highest BCUT2D eigenvalue weighted by atomic mass is 16.5. The van der Waals surface area contributed by atoms with Crippen molar-refractivity contribution in [2.45, 2.75) is 76.3 Å². The zero-order valence-corrected chi connectivity index (χ0v) is 19.1. The van der Waals surface area contributed by atoms with Crippen LogP contribution >= 0.6 is 0 Å². The molecular weight excluding hydrogens is 386 g/mol. The Hall–Kier alpha value is -2.33. The van der Waals surface area contributed by atoms with Crippen LogP contribution in [0.25, 0.3) is 0 Å². The van der Waals surface area contributed by atoms with E-state index < -0.39 is 5.54 Å². The predicted molar refractivity (Wildman–Crippen MR) is 123 cm³/mol. The molecule has 0 bridgehead atoms. The first kappa shape index (κ1) is 21.9. The molecule has 0 radical (unpaired) electrons. The molecule has 31 heavy (non-hydrogen) atoms. The van der Waals surface area contributed by atoms with Crippen molar-refractivity contribution < 1.29 is 14.6 Å². The molecule has 4 heteroatoms. The number of nitrogens with zero attached hydrogens (tertiary/aromatic N) is 1. The average molecular weight is 422 g/mol. The van der Waals surface area contributed by atoms with E-state index in [1.165, 1.54) is 42.2 Å². The van der Waals surface area contributed by atoms with E-state index in [0.717, 1.165) is 31.2 Å². The predicted octanol–water partition coefficient (Wildman–Crippen LogP) is 6.01. The van der Waals surface area contributed by atoms with E-state index in [1.54, 1.807) is 0 Å². The lowest BCUT2D eigenvalue weighted by atomic mass is 9.68. The van der Waals surface area contributed by atoms with Gasteiger partial charge in [-0.05, 0) is 48.4 Å². The van der Waals surface area contributed by atoms with Gasteiger partial charge in [-0.25, -0.2) is 4.79 Å². The van der Waals surface area contributed by atoms with Gasteiger partial charge in [0.2, 0.25) is 0 Å². The molecule has 3 unspecified atom stereocenters. The maximum absolute atomic E-state index is 13.4. The molecule has 0 saturated carbocycles. The molecule has 0 aromatic heterocycles. The Labute approximate surface area is 186 Å². The number of methoxy groups -OCH3 is 1. The minimum absolute atomic E-state index is 0.0316. The first-order chi connectivity index (χ1) is 15.1. The van der Waals surface area contributed by atoms with E-state index in [1.807, 2.05) is 11.0 Å². The van der Waals surface area contributed by atoms with Gasteiger partial charge in [0.25, 0.3) is 0 Å². The smallest absolute Gasteiger partial charge is 0.410 e. The summed E-state index contributed by atoms with van der Waals surface area (Å²) in [6.07, 6.45) is 6.69. The Kier molecular flexibility index (Phi) is 6.38. The highest BCUT2D eigenvalue weighted by Gasteiger charge is 2.58. The molecule has 2 aromatic carbocycles. The van der Waals surface area contributed by atoms with Crippen LogP contribution in [-0.2, 0) is 16.7 Å². The lowest BCUT2D eigenvalue weighted by Gasteiger charge is -2.53. The van der Waals surface area contributed by atoms with Crippen LogP contribution in [0, 0.1) is 6.92 Å². The minimum atomic E-state index is -0.432. The number of unbranched alkanes of at least 4 members (excludes halogenated alkanes) is 3. The van der Waals surface area contributed by atoms with E-state index in [4.69, 9.17) is 4.74 Å². The maximum atomic E-state index is 13.4. The number of ether oxygens (including phenoxy) is 1. The number of fused-ring (bicyclic) bond motifs is 5. The molecule has 4 nitrogen and oxygen atoms in total. The van der Waals surface area contributed by atoms with Gasteiger partial charge >= 0.3 is 6.09 Å². The molecular formula is C27H35NO3. The van der Waals surface area contributed by atoms with Crippen LogP contribution < -0.4 is 0 Å². The summed E-state index contributed by atoms with van der Waals surface area (Å²) in [7, 11) is 1.48. The first-order valence-electron chi connectivity index (χ1n) is 11.8. The summed E-state index contributed by atoms with van der Waals surface area (Å²) in [4.78, 5) is 15.4. The first-order valence-corrected chi connectivity index (χ1v) is 11.8. The van der Waals surface area contributed by atoms with Gasteiger partial charge < -0.3 is 9.84 Å². The van der Waals surface area contributed by atoms with Gasteiger partial charge in [-0.1, -0.05) is 80.6 Å². The molecule has 0 spiro atoms. The van der Waals surface area contributed by atoms with Gasteiger partial charge in [-0.2, -0.15) is 0 Å². The summed E-state index contributed by atoms with van der Waals surface area (Å²) < 4.78 is 5.39. The van der Waals surface area contributed by atoms with E-state index in [2.05, 4.69) is 50.2 Å². The molecule has 1 N–H and O–H groups in total. The number of carbonyl (C=O) groups is 1. The van der Waals surface area contributed by atoms with Crippen molar-refractivity contribution in [2.75, 3.05) is 13.7 Å². The molecule has 0 fully saturated rings. The van der Waals surface area contributed by atoms with Crippen LogP contribution in [0.3, 0.4) is 0 Å². The van der Waals surface area contributed by atoms with Crippen LogP contribution in [0.5, 0.6) is 0 Å². The minimum Gasteiger partial charge on any atom is -0.453 e. The summed E-state index contributed by atoms with van der Waals surface area (Å²) in [6, 6.07) is 15.0. The van der Waals surface area contributed by atoms with E-state index in [-0.39, 0.29) is 24.7 Å². The molecule has 3 atom stereocenters. The number of aliphatic hydroxyl groups is 1. The fourth-order valence-corrected chi connectivity index (χ4v) is 6.15. The molecule has 1 heterocycles. The molecule has 0 saturated heterocycles. The summed E-state index contributed by atoms with van der Waals surface area (Å²) in [6.45, 7) is 4.39. The third-order valence-corrected chi connectivity index (χ3v) is 7.38. The van der Waals surface area contributed by atoms with E-state index >= 15 is 0 Å². The monoisotopic (exact) mass is 421 g/mol. The molecule has 4 rings (SSSR count). The van der Waals surface area contributed by atoms with Crippen molar-refractivity contribution in [3.63, 3.8) is 0 Å². The summed E-state index contributed by atoms with van der Waals surface area (Å²) in [5.74, 6) is 0.205. The highest BCUT2D eigenvalue weighted by molar-refractivity contribution is 5.72. The highest BCUT2D eigenvalue weighted by Crippen LogP contribution is 2.60. The number of amides is 1. The van der Waals surface area contributed by atoms with Crippen molar-refractivity contribution >= 4 is 6.09 Å². The number of benzene rings is 2. The summed E-state index contributed by atoms with van der Waals surface area (Å²) in [5.41, 5.74) is 5.91. The Balaban J connectivity index is 1.94. The van der Waals surface area contributed by atoms with Crippen molar-refractivity contribution in [3.8, 4) is 0 Å². The van der Waals surface area contributed by atoms with E-state index in [0.29, 0.717) is 6.42 Å². The largest absolute Gasteiger partial charge is 0.453 e. The van der Waals surface area contributed by atoms with Crippen LogP contribution in [0.4, 0.5) is 4.79 Å². The number of aryl methyl sites for hydroxylation is 1. The molecule has 166 valence electrons. The topological polar surface area (TPSA) is 49.8 Å². The molecule has 2 aliphatic rings. The second-order valence-corrected chi connectivity index (χ2v) is 9.15. The van der Waals surface area contributed by atoms with Crippen molar-refractivity contribution in [2.24, 2.45) is 0 Å². The Bertz CT molecular complexity index is 940. The van der Waals surface area contributed by atoms with Gasteiger partial charge in [0, 0.05) is 12.5 Å². The number of hydrogen-bond donors (Lipinski definition) is 1. The lowest BCUT2D eigenvalue weighted by molar-refractivity contribution is -0.00423. The third kappa shape index (κ3) is 3.55. The second-order valence-electron chi connectivity index (χ2n) is 9.15. The van der Waals surface area contributed by atoms with Gasteiger partial charge in [0.15, 0.2) is 0 Å². The molecule has 1 amide bonds. The Morgan fingerprint density at radius 1 is 1.16 bits per heavy atom. The average Bonchev–Trinajstić information content (AvgIpc) is 3.10. The SMILES string of the molecule is CCCCCCC12c3ccc(C)cc3CC1c1ccccc1C(CCO)N2C(=O)OC. The maximum Gasteiger partial charge on any atom is 0.410 e. The number of carbonyl (C=O) groups excluding carboxylic acids is 1. The fraction of sp³-hybridized carbons (Fsp3) is 0.519. The normalized spacial score (nSPS) is 23.8. The van der Waals surface area contributed by atoms with Gasteiger partial charge in [-0.3, -0.25) is 4.90 Å². The van der Waals surface area contributed by atoms with Crippen LogP contribution in [0.2, 0.25) is 0 Å². The second kappa shape index (κ2) is 9.04. The van der Waals surface area contributed by atoms with Crippen molar-refractivity contribution in [1.82, 2.24) is 4.90 Å². The molecule has 1 aliphatic carbocycles. The summed E-state index contributed by atoms with van der Waals surface area (Å²) in [5, 5.41) is 9.94. The zero-order valence-electron chi connectivity index (χ0n) is 19.1. The number of aliphatic hydroxyl groups excluding tert-OH is 1. The Morgan fingerprint density at radius 3 is 2.65 bits per heavy atom. The quantitative estimate of drug-likeness (QED) is 0.557. The lowest BCUT2D eigenvalue weighted by Crippen LogP contribution is -2.56. The van der Waals surface area contributed by atoms with Crippen LogP contribution in [0.15, 0.2) is 42.5 Å².